The Kier molecular flexibility index (Phi) is 5.54. The van der Waals surface area contributed by atoms with E-state index in [1.54, 1.807) is 12.4 Å². The van der Waals surface area contributed by atoms with Crippen molar-refractivity contribution >= 4 is 16.9 Å². The molecule has 0 saturated carbocycles. The third-order valence-corrected chi connectivity index (χ3v) is 5.01. The number of pyridine rings is 1. The summed E-state index contributed by atoms with van der Waals surface area (Å²) < 4.78 is 5.90. The van der Waals surface area contributed by atoms with E-state index >= 15 is 0 Å². The molecule has 0 unspecified atom stereocenters. The van der Waals surface area contributed by atoms with E-state index in [2.05, 4.69) is 9.88 Å². The minimum atomic E-state index is 0.0191. The lowest BCUT2D eigenvalue weighted by Crippen LogP contribution is -2.15. The van der Waals surface area contributed by atoms with Crippen molar-refractivity contribution in [2.75, 3.05) is 27.2 Å². The number of nitrogens with zero attached hydrogens (tertiary/aromatic N) is 2. The third kappa shape index (κ3) is 3.98. The molecular formula is C25H24N2O2. The molecule has 146 valence electrons. The number of allylic oxidation sites excluding steroid dienone is 1. The van der Waals surface area contributed by atoms with Crippen LogP contribution in [0.1, 0.15) is 33.5 Å². The number of ketones is 1. The molecule has 0 spiro atoms. The summed E-state index contributed by atoms with van der Waals surface area (Å²) in [6.45, 7) is 1.59. The summed E-state index contributed by atoms with van der Waals surface area (Å²) >= 11 is 0. The molecule has 0 aliphatic heterocycles. The van der Waals surface area contributed by atoms with Crippen LogP contribution in [0.4, 0.5) is 0 Å². The number of hydrogen-bond acceptors (Lipinski definition) is 4. The van der Waals surface area contributed by atoms with Crippen molar-refractivity contribution < 1.29 is 9.53 Å². The van der Waals surface area contributed by atoms with Crippen LogP contribution in [-0.4, -0.2) is 42.9 Å². The number of rotatable bonds is 7. The van der Waals surface area contributed by atoms with E-state index in [0.717, 1.165) is 41.0 Å². The zero-order chi connectivity index (χ0) is 20.2. The average Bonchev–Trinajstić information content (AvgIpc) is 3.04. The van der Waals surface area contributed by atoms with Gasteiger partial charge in [0, 0.05) is 41.2 Å². The molecule has 29 heavy (non-hydrogen) atoms. The second-order valence-electron chi connectivity index (χ2n) is 7.40. The van der Waals surface area contributed by atoms with Crippen LogP contribution in [0.15, 0.2) is 73.1 Å². The summed E-state index contributed by atoms with van der Waals surface area (Å²) in [6, 6.07) is 19.7. The molecule has 1 aromatic heterocycles. The SMILES string of the molecule is CN(C)CCCOc1ccc2c(c1)C(=O)C(c1cccnc1)=C2c1ccccc1. The van der Waals surface area contributed by atoms with Crippen molar-refractivity contribution in [2.24, 2.45) is 0 Å². The molecule has 3 aromatic rings. The van der Waals surface area contributed by atoms with Crippen LogP contribution in [0, 0.1) is 0 Å². The predicted molar refractivity (Wildman–Crippen MR) is 116 cm³/mol. The van der Waals surface area contributed by atoms with Gasteiger partial charge in [-0.2, -0.15) is 0 Å². The first-order valence-electron chi connectivity index (χ1n) is 9.82. The van der Waals surface area contributed by atoms with Crippen molar-refractivity contribution in [2.45, 2.75) is 6.42 Å². The zero-order valence-electron chi connectivity index (χ0n) is 16.8. The highest BCUT2D eigenvalue weighted by molar-refractivity contribution is 6.41. The molecule has 0 bridgehead atoms. The first-order valence-corrected chi connectivity index (χ1v) is 9.82. The van der Waals surface area contributed by atoms with Crippen LogP contribution < -0.4 is 4.74 Å². The maximum Gasteiger partial charge on any atom is 0.195 e. The summed E-state index contributed by atoms with van der Waals surface area (Å²) in [6.07, 6.45) is 4.41. The standard InChI is InChI=1S/C25H24N2O2/c1-27(2)14-7-15-29-20-11-12-21-22(16-20)25(28)24(19-10-6-13-26-17-19)23(21)18-8-4-3-5-9-18/h3-6,8-13,16-17H,7,14-15H2,1-2H3. The lowest BCUT2D eigenvalue weighted by atomic mass is 9.95. The Labute approximate surface area is 171 Å². The van der Waals surface area contributed by atoms with Crippen molar-refractivity contribution in [3.63, 3.8) is 0 Å². The van der Waals surface area contributed by atoms with Crippen LogP contribution in [0.5, 0.6) is 5.75 Å². The number of ether oxygens (including phenoxy) is 1. The van der Waals surface area contributed by atoms with Gasteiger partial charge in [0.1, 0.15) is 5.75 Å². The number of hydrogen-bond donors (Lipinski definition) is 0. The van der Waals surface area contributed by atoms with Crippen molar-refractivity contribution in [1.29, 1.82) is 0 Å². The monoisotopic (exact) mass is 384 g/mol. The number of aromatic nitrogens is 1. The van der Waals surface area contributed by atoms with Gasteiger partial charge < -0.3 is 9.64 Å². The van der Waals surface area contributed by atoms with Gasteiger partial charge in [0.2, 0.25) is 0 Å². The molecule has 4 rings (SSSR count). The largest absolute Gasteiger partial charge is 0.494 e. The molecule has 0 amide bonds. The lowest BCUT2D eigenvalue weighted by molar-refractivity contribution is 0.105. The predicted octanol–water partition coefficient (Wildman–Crippen LogP) is 4.57. The number of carbonyl (C=O) groups is 1. The molecule has 0 fully saturated rings. The van der Waals surface area contributed by atoms with Gasteiger partial charge in [-0.05, 0) is 55.9 Å². The first kappa shape index (κ1) is 19.1. The fourth-order valence-electron chi connectivity index (χ4n) is 3.66. The summed E-state index contributed by atoms with van der Waals surface area (Å²) in [5, 5.41) is 0. The van der Waals surface area contributed by atoms with E-state index in [0.29, 0.717) is 17.7 Å². The normalized spacial score (nSPS) is 13.1. The van der Waals surface area contributed by atoms with Gasteiger partial charge in [-0.15, -0.1) is 0 Å². The summed E-state index contributed by atoms with van der Waals surface area (Å²) in [4.78, 5) is 19.8. The molecule has 4 nitrogen and oxygen atoms in total. The van der Waals surface area contributed by atoms with Crippen LogP contribution in [0.2, 0.25) is 0 Å². The fraction of sp³-hybridized carbons (Fsp3) is 0.200. The molecule has 1 aliphatic carbocycles. The van der Waals surface area contributed by atoms with Gasteiger partial charge in [0.25, 0.3) is 0 Å². The zero-order valence-corrected chi connectivity index (χ0v) is 16.8. The van der Waals surface area contributed by atoms with E-state index < -0.39 is 0 Å². The van der Waals surface area contributed by atoms with Gasteiger partial charge in [0.15, 0.2) is 5.78 Å². The van der Waals surface area contributed by atoms with Crippen LogP contribution in [-0.2, 0) is 0 Å². The second-order valence-corrected chi connectivity index (χ2v) is 7.40. The minimum absolute atomic E-state index is 0.0191. The van der Waals surface area contributed by atoms with Crippen LogP contribution in [0.25, 0.3) is 11.1 Å². The molecule has 1 heterocycles. The van der Waals surface area contributed by atoms with Gasteiger partial charge in [-0.25, -0.2) is 0 Å². The maximum absolute atomic E-state index is 13.4. The van der Waals surface area contributed by atoms with Crippen molar-refractivity contribution in [3.8, 4) is 5.75 Å². The minimum Gasteiger partial charge on any atom is -0.494 e. The number of carbonyl (C=O) groups excluding carboxylic acids is 1. The molecular weight excluding hydrogens is 360 g/mol. The maximum atomic E-state index is 13.4. The molecule has 0 saturated heterocycles. The Bertz CT molecular complexity index is 1040. The summed E-state index contributed by atoms with van der Waals surface area (Å²) in [7, 11) is 4.09. The second kappa shape index (κ2) is 8.41. The first-order chi connectivity index (χ1) is 14.1. The fourth-order valence-corrected chi connectivity index (χ4v) is 3.66. The van der Waals surface area contributed by atoms with Gasteiger partial charge >= 0.3 is 0 Å². The van der Waals surface area contributed by atoms with Crippen LogP contribution in [0.3, 0.4) is 0 Å². The van der Waals surface area contributed by atoms with E-state index in [-0.39, 0.29) is 5.78 Å². The Morgan fingerprint density at radius 3 is 2.41 bits per heavy atom. The Morgan fingerprint density at radius 1 is 0.897 bits per heavy atom. The topological polar surface area (TPSA) is 42.4 Å². The van der Waals surface area contributed by atoms with Gasteiger partial charge in [0.05, 0.1) is 6.61 Å². The molecule has 0 N–H and O–H groups in total. The smallest absolute Gasteiger partial charge is 0.195 e. The van der Waals surface area contributed by atoms with Crippen molar-refractivity contribution in [1.82, 2.24) is 9.88 Å². The quantitative estimate of drug-likeness (QED) is 0.560. The Balaban J connectivity index is 1.71. The van der Waals surface area contributed by atoms with E-state index in [4.69, 9.17) is 4.74 Å². The molecule has 4 heteroatoms. The van der Waals surface area contributed by atoms with E-state index in [9.17, 15) is 4.79 Å². The molecule has 0 atom stereocenters. The molecule has 2 aromatic carbocycles. The lowest BCUT2D eigenvalue weighted by Gasteiger charge is -2.11. The van der Waals surface area contributed by atoms with Gasteiger partial charge in [-0.1, -0.05) is 36.4 Å². The van der Waals surface area contributed by atoms with E-state index in [1.807, 2.05) is 74.8 Å². The number of Topliss-reactive ketones (excluding diaryl/α,β-unsaturated/α-hetero) is 1. The van der Waals surface area contributed by atoms with Crippen LogP contribution >= 0.6 is 0 Å². The van der Waals surface area contributed by atoms with Gasteiger partial charge in [-0.3, -0.25) is 9.78 Å². The number of fused-ring (bicyclic) bond motifs is 1. The summed E-state index contributed by atoms with van der Waals surface area (Å²) in [5.41, 5.74) is 5.15. The average molecular weight is 384 g/mol. The van der Waals surface area contributed by atoms with E-state index in [1.165, 1.54) is 0 Å². The third-order valence-electron chi connectivity index (χ3n) is 5.01. The Hall–Kier alpha value is -3.24. The molecule has 0 radical (unpaired) electrons. The summed E-state index contributed by atoms with van der Waals surface area (Å²) in [5.74, 6) is 0.751. The van der Waals surface area contributed by atoms with Crippen molar-refractivity contribution in [3.05, 3.63) is 95.3 Å². The highest BCUT2D eigenvalue weighted by Crippen LogP contribution is 2.43. The Morgan fingerprint density at radius 2 is 1.69 bits per heavy atom. The highest BCUT2D eigenvalue weighted by Gasteiger charge is 2.31. The highest BCUT2D eigenvalue weighted by atomic mass is 16.5. The number of benzene rings is 2. The molecule has 1 aliphatic rings.